The molecule has 0 spiro atoms. The fraction of sp³-hybridized carbons (Fsp3) is 0.286. The molecule has 2 heterocycles. The Balaban J connectivity index is 1.90. The van der Waals surface area contributed by atoms with E-state index < -0.39 is 0 Å². The molecule has 2 N–H and O–H groups in total. The molecule has 0 saturated heterocycles. The molecule has 3 aromatic rings. The minimum atomic E-state index is -0.124. The summed E-state index contributed by atoms with van der Waals surface area (Å²) < 4.78 is 0. The van der Waals surface area contributed by atoms with Gasteiger partial charge in [-0.2, -0.15) is 4.98 Å². The van der Waals surface area contributed by atoms with E-state index in [4.69, 9.17) is 0 Å². The lowest BCUT2D eigenvalue weighted by Gasteiger charge is -2.21. The first-order valence-electron chi connectivity index (χ1n) is 8.77. The second-order valence-corrected chi connectivity index (χ2v) is 7.36. The van der Waals surface area contributed by atoms with Crippen LogP contribution in [0.3, 0.4) is 0 Å². The van der Waals surface area contributed by atoms with E-state index in [9.17, 15) is 0 Å². The Hall–Kier alpha value is -2.95. The predicted octanol–water partition coefficient (Wildman–Crippen LogP) is 4.67. The minimum absolute atomic E-state index is 0.124. The summed E-state index contributed by atoms with van der Waals surface area (Å²) in [7, 11) is 0. The summed E-state index contributed by atoms with van der Waals surface area (Å²) in [6.07, 6.45) is 3.57. The van der Waals surface area contributed by atoms with E-state index in [0.717, 1.165) is 17.1 Å². The van der Waals surface area contributed by atoms with Crippen LogP contribution in [0.2, 0.25) is 0 Å². The highest BCUT2D eigenvalue weighted by atomic mass is 15.2. The summed E-state index contributed by atoms with van der Waals surface area (Å²) in [6.45, 7) is 9.10. The zero-order valence-corrected chi connectivity index (χ0v) is 15.7. The molecule has 0 aliphatic heterocycles. The molecule has 5 heteroatoms. The Morgan fingerprint density at radius 3 is 2.50 bits per heavy atom. The molecule has 1 aromatic carbocycles. The fourth-order valence-corrected chi connectivity index (χ4v) is 2.59. The third-order valence-corrected chi connectivity index (χ3v) is 3.89. The monoisotopic (exact) mass is 347 g/mol. The zero-order chi connectivity index (χ0) is 18.6. The van der Waals surface area contributed by atoms with Gasteiger partial charge in [0.2, 0.25) is 5.95 Å². The average molecular weight is 347 g/mol. The molecule has 0 unspecified atom stereocenters. The molecule has 5 nitrogen and oxygen atoms in total. The number of hydrogen-bond acceptors (Lipinski definition) is 5. The van der Waals surface area contributed by atoms with Crippen LogP contribution < -0.4 is 10.6 Å². The van der Waals surface area contributed by atoms with E-state index in [1.165, 1.54) is 11.1 Å². The molecular weight excluding hydrogens is 322 g/mol. The van der Waals surface area contributed by atoms with Crippen LogP contribution in [0.25, 0.3) is 11.3 Å². The molecule has 134 valence electrons. The number of aryl methyl sites for hydroxylation is 1. The van der Waals surface area contributed by atoms with Crippen molar-refractivity contribution >= 4 is 11.8 Å². The van der Waals surface area contributed by atoms with E-state index in [-0.39, 0.29) is 5.54 Å². The van der Waals surface area contributed by atoms with Crippen LogP contribution in [-0.2, 0) is 6.54 Å². The van der Waals surface area contributed by atoms with Crippen molar-refractivity contribution in [3.05, 3.63) is 66.0 Å². The highest BCUT2D eigenvalue weighted by Gasteiger charge is 2.14. The maximum atomic E-state index is 4.66. The van der Waals surface area contributed by atoms with Gasteiger partial charge >= 0.3 is 0 Å². The topological polar surface area (TPSA) is 62.7 Å². The third kappa shape index (κ3) is 4.79. The summed E-state index contributed by atoms with van der Waals surface area (Å²) in [5.74, 6) is 1.39. The molecule has 0 bridgehead atoms. The van der Waals surface area contributed by atoms with Crippen molar-refractivity contribution in [3.8, 4) is 11.3 Å². The van der Waals surface area contributed by atoms with Gasteiger partial charge in [-0.3, -0.25) is 4.98 Å². The number of pyridine rings is 1. The maximum Gasteiger partial charge on any atom is 0.225 e. The fourth-order valence-electron chi connectivity index (χ4n) is 2.59. The number of benzene rings is 1. The van der Waals surface area contributed by atoms with Gasteiger partial charge in [0, 0.05) is 36.1 Å². The smallest absolute Gasteiger partial charge is 0.225 e. The Morgan fingerprint density at radius 1 is 1.00 bits per heavy atom. The van der Waals surface area contributed by atoms with Crippen molar-refractivity contribution in [2.24, 2.45) is 0 Å². The summed E-state index contributed by atoms with van der Waals surface area (Å²) in [4.78, 5) is 13.5. The van der Waals surface area contributed by atoms with Gasteiger partial charge in [-0.15, -0.1) is 0 Å². The van der Waals surface area contributed by atoms with Crippen LogP contribution in [0.4, 0.5) is 11.8 Å². The van der Waals surface area contributed by atoms with Crippen molar-refractivity contribution in [3.63, 3.8) is 0 Å². The van der Waals surface area contributed by atoms with Gasteiger partial charge in [0.15, 0.2) is 0 Å². The van der Waals surface area contributed by atoms with Crippen LogP contribution in [0, 0.1) is 6.92 Å². The lowest BCUT2D eigenvalue weighted by molar-refractivity contribution is 0.626. The summed E-state index contributed by atoms with van der Waals surface area (Å²) in [5, 5.41) is 6.79. The molecule has 0 atom stereocenters. The third-order valence-electron chi connectivity index (χ3n) is 3.89. The number of rotatable bonds is 5. The van der Waals surface area contributed by atoms with Crippen molar-refractivity contribution < 1.29 is 0 Å². The molecule has 0 fully saturated rings. The van der Waals surface area contributed by atoms with Crippen molar-refractivity contribution in [1.82, 2.24) is 15.0 Å². The van der Waals surface area contributed by atoms with Crippen LogP contribution in [0.5, 0.6) is 0 Å². The van der Waals surface area contributed by atoms with Gasteiger partial charge in [-0.05, 0) is 51.0 Å². The summed E-state index contributed by atoms with van der Waals surface area (Å²) >= 11 is 0. The lowest BCUT2D eigenvalue weighted by Crippen LogP contribution is -2.27. The van der Waals surface area contributed by atoms with Gasteiger partial charge in [0.25, 0.3) is 0 Å². The number of anilines is 2. The Kier molecular flexibility index (Phi) is 5.16. The standard InChI is InChI=1S/C21H25N5/c1-15-8-5-6-9-16(15)14-23-19-12-18(17-10-7-11-22-13-17)24-20(25-19)26-21(2,3)4/h5-13H,14H2,1-4H3,(H2,23,24,25,26). The van der Waals surface area contributed by atoms with E-state index >= 15 is 0 Å². The number of nitrogens with one attached hydrogen (secondary N) is 2. The molecule has 3 rings (SSSR count). The predicted molar refractivity (Wildman–Crippen MR) is 107 cm³/mol. The average Bonchev–Trinajstić information content (AvgIpc) is 2.60. The zero-order valence-electron chi connectivity index (χ0n) is 15.7. The molecule has 0 saturated carbocycles. The molecule has 0 radical (unpaired) electrons. The maximum absolute atomic E-state index is 4.66. The second-order valence-electron chi connectivity index (χ2n) is 7.36. The van der Waals surface area contributed by atoms with Crippen molar-refractivity contribution in [2.45, 2.75) is 39.8 Å². The first-order chi connectivity index (χ1) is 12.4. The van der Waals surface area contributed by atoms with Gasteiger partial charge in [0.05, 0.1) is 5.69 Å². The van der Waals surface area contributed by atoms with Crippen LogP contribution >= 0.6 is 0 Å². The molecular formula is C21H25N5. The second kappa shape index (κ2) is 7.52. The number of hydrogen-bond donors (Lipinski definition) is 2. The van der Waals surface area contributed by atoms with Gasteiger partial charge in [-0.25, -0.2) is 4.98 Å². The SMILES string of the molecule is Cc1ccccc1CNc1cc(-c2cccnc2)nc(NC(C)(C)C)n1. The Labute approximate surface area is 154 Å². The van der Waals surface area contributed by atoms with Crippen molar-refractivity contribution in [2.75, 3.05) is 10.6 Å². The lowest BCUT2D eigenvalue weighted by atomic mass is 10.1. The Morgan fingerprint density at radius 2 is 1.81 bits per heavy atom. The molecule has 0 aliphatic carbocycles. The van der Waals surface area contributed by atoms with Crippen LogP contribution in [0.1, 0.15) is 31.9 Å². The van der Waals surface area contributed by atoms with Crippen molar-refractivity contribution in [1.29, 1.82) is 0 Å². The van der Waals surface area contributed by atoms with Gasteiger partial charge in [-0.1, -0.05) is 24.3 Å². The number of aromatic nitrogens is 3. The van der Waals surface area contributed by atoms with E-state index in [1.54, 1.807) is 6.20 Å². The normalized spacial score (nSPS) is 11.2. The number of nitrogens with zero attached hydrogens (tertiary/aromatic N) is 3. The molecule has 0 aliphatic rings. The first kappa shape index (κ1) is 17.9. The van der Waals surface area contributed by atoms with Gasteiger partial charge in [0.1, 0.15) is 5.82 Å². The van der Waals surface area contributed by atoms with Gasteiger partial charge < -0.3 is 10.6 Å². The first-order valence-corrected chi connectivity index (χ1v) is 8.77. The Bertz CT molecular complexity index is 869. The van der Waals surface area contributed by atoms with E-state index in [0.29, 0.717) is 12.5 Å². The minimum Gasteiger partial charge on any atom is -0.366 e. The van der Waals surface area contributed by atoms with E-state index in [2.05, 4.69) is 77.5 Å². The van der Waals surface area contributed by atoms with Crippen LogP contribution in [0.15, 0.2) is 54.9 Å². The highest BCUT2D eigenvalue weighted by molar-refractivity contribution is 5.63. The van der Waals surface area contributed by atoms with E-state index in [1.807, 2.05) is 24.4 Å². The molecule has 26 heavy (non-hydrogen) atoms. The largest absolute Gasteiger partial charge is 0.366 e. The molecule has 0 amide bonds. The summed E-state index contributed by atoms with van der Waals surface area (Å²) in [5.41, 5.74) is 4.19. The molecule has 2 aromatic heterocycles. The summed E-state index contributed by atoms with van der Waals surface area (Å²) in [6, 6.07) is 14.2. The quantitative estimate of drug-likeness (QED) is 0.702. The highest BCUT2D eigenvalue weighted by Crippen LogP contribution is 2.22. The van der Waals surface area contributed by atoms with Crippen LogP contribution in [-0.4, -0.2) is 20.5 Å².